The van der Waals surface area contributed by atoms with Crippen LogP contribution in [0.2, 0.25) is 0 Å². The Hall–Kier alpha value is -3.75. The molecule has 1 fully saturated rings. The first-order valence-corrected chi connectivity index (χ1v) is 10.2. The van der Waals surface area contributed by atoms with E-state index in [4.69, 9.17) is 4.74 Å². The van der Waals surface area contributed by atoms with Crippen molar-refractivity contribution in [1.82, 2.24) is 0 Å². The van der Waals surface area contributed by atoms with Crippen molar-refractivity contribution in [3.05, 3.63) is 45.0 Å². The van der Waals surface area contributed by atoms with E-state index in [1.165, 1.54) is 0 Å². The minimum Gasteiger partial charge on any atom is -0.507 e. The van der Waals surface area contributed by atoms with Crippen molar-refractivity contribution in [1.29, 1.82) is 0 Å². The fourth-order valence-corrected chi connectivity index (χ4v) is 4.58. The molecule has 1 aliphatic heterocycles. The van der Waals surface area contributed by atoms with Gasteiger partial charge >= 0.3 is 5.97 Å². The molecule has 0 radical (unpaired) electrons. The number of carboxylic acids is 1. The SMILES string of the molecule is Cc1c(C(=O)O)c(O)cc2c1C(=O)c1c(O)c([C@@H]3O[C@H](CO)[C@@H](O)[C@@H](O)[C@H]3O)c(O)c(O)c1C2=O. The lowest BCUT2D eigenvalue weighted by atomic mass is 9.77. The standard InChI is InChI=1S/C22H20O13/c1-4-8-5(2-6(24)9(4)22(33)34)13(25)10-11(15(8)27)16(28)12(18(30)17(10)29)21-20(32)19(31)14(26)7(3-23)35-21/h2,7,14,19-21,23-24,26,28-32H,3H2,1H3,(H,33,34)/t7-,14-,19-,20-,21+/m1/s1. The monoisotopic (exact) mass is 492 g/mol. The molecule has 0 unspecified atom stereocenters. The number of hydrogen-bond donors (Lipinski definition) is 9. The number of hydrogen-bond acceptors (Lipinski definition) is 12. The average molecular weight is 492 g/mol. The van der Waals surface area contributed by atoms with Gasteiger partial charge in [0.2, 0.25) is 0 Å². The molecule has 1 saturated heterocycles. The lowest BCUT2D eigenvalue weighted by Gasteiger charge is -2.40. The molecule has 4 rings (SSSR count). The fourth-order valence-electron chi connectivity index (χ4n) is 4.58. The summed E-state index contributed by atoms with van der Waals surface area (Å²) in [4.78, 5) is 38.1. The van der Waals surface area contributed by atoms with Crippen LogP contribution < -0.4 is 0 Å². The van der Waals surface area contributed by atoms with Gasteiger partial charge in [0, 0.05) is 11.1 Å². The molecule has 9 N–H and O–H groups in total. The van der Waals surface area contributed by atoms with Gasteiger partial charge in [-0.3, -0.25) is 9.59 Å². The molecule has 13 nitrogen and oxygen atoms in total. The number of phenolic OH excluding ortho intramolecular Hbond substituents is 3. The van der Waals surface area contributed by atoms with Gasteiger partial charge in [0.25, 0.3) is 0 Å². The highest BCUT2D eigenvalue weighted by Crippen LogP contribution is 2.52. The van der Waals surface area contributed by atoms with Gasteiger partial charge < -0.3 is 50.7 Å². The number of ketones is 2. The fraction of sp³-hybridized carbons (Fsp3) is 0.318. The predicted molar refractivity (Wildman–Crippen MR) is 111 cm³/mol. The zero-order chi connectivity index (χ0) is 26.1. The molecule has 2 aromatic carbocycles. The van der Waals surface area contributed by atoms with E-state index in [0.29, 0.717) is 6.07 Å². The first-order valence-electron chi connectivity index (χ1n) is 10.2. The van der Waals surface area contributed by atoms with Crippen molar-refractivity contribution < 1.29 is 65.1 Å². The summed E-state index contributed by atoms with van der Waals surface area (Å²) < 4.78 is 5.30. The molecular weight excluding hydrogens is 472 g/mol. The summed E-state index contributed by atoms with van der Waals surface area (Å²) in [6.45, 7) is 0.291. The quantitative estimate of drug-likeness (QED) is 0.154. The maximum atomic E-state index is 13.4. The second-order valence-electron chi connectivity index (χ2n) is 8.24. The van der Waals surface area contributed by atoms with Crippen LogP contribution in [-0.2, 0) is 4.74 Å². The molecule has 0 spiro atoms. The van der Waals surface area contributed by atoms with E-state index in [1.54, 1.807) is 0 Å². The summed E-state index contributed by atoms with van der Waals surface area (Å²) in [6, 6.07) is 0.716. The number of ether oxygens (including phenoxy) is 1. The second-order valence-corrected chi connectivity index (χ2v) is 8.24. The molecule has 0 aromatic heterocycles. The third-order valence-corrected chi connectivity index (χ3v) is 6.33. The highest BCUT2D eigenvalue weighted by Gasteiger charge is 2.48. The number of aliphatic hydroxyl groups excluding tert-OH is 4. The molecule has 13 heteroatoms. The number of fused-ring (bicyclic) bond motifs is 2. The van der Waals surface area contributed by atoms with Crippen LogP contribution in [0.4, 0.5) is 0 Å². The number of aliphatic hydroxyl groups is 4. The van der Waals surface area contributed by atoms with Crippen molar-refractivity contribution in [2.75, 3.05) is 6.61 Å². The van der Waals surface area contributed by atoms with Gasteiger partial charge in [-0.25, -0.2) is 4.79 Å². The third-order valence-electron chi connectivity index (χ3n) is 6.33. The van der Waals surface area contributed by atoms with Crippen molar-refractivity contribution in [2.45, 2.75) is 37.4 Å². The van der Waals surface area contributed by atoms with Crippen LogP contribution in [-0.4, -0.2) is 94.5 Å². The lowest BCUT2D eigenvalue weighted by molar-refractivity contribution is -0.232. The predicted octanol–water partition coefficient (Wildman–Crippen LogP) is -1.19. The van der Waals surface area contributed by atoms with Crippen molar-refractivity contribution >= 4 is 17.5 Å². The van der Waals surface area contributed by atoms with Crippen LogP contribution in [0.3, 0.4) is 0 Å². The van der Waals surface area contributed by atoms with Crippen molar-refractivity contribution in [3.8, 4) is 23.0 Å². The lowest BCUT2D eigenvalue weighted by Crippen LogP contribution is -2.55. The van der Waals surface area contributed by atoms with Gasteiger partial charge in [-0.1, -0.05) is 0 Å². The Labute approximate surface area is 195 Å². The number of carbonyl (C=O) groups is 3. The van der Waals surface area contributed by atoms with E-state index in [2.05, 4.69) is 0 Å². The van der Waals surface area contributed by atoms with Gasteiger partial charge in [0.1, 0.15) is 47.6 Å². The molecule has 35 heavy (non-hydrogen) atoms. The van der Waals surface area contributed by atoms with E-state index in [-0.39, 0.29) is 5.56 Å². The summed E-state index contributed by atoms with van der Waals surface area (Å²) in [5.74, 6) is -8.24. The molecule has 0 amide bonds. The Balaban J connectivity index is 1.99. The maximum absolute atomic E-state index is 13.4. The van der Waals surface area contributed by atoms with E-state index in [9.17, 15) is 60.3 Å². The number of benzene rings is 2. The topological polar surface area (TPSA) is 243 Å². The van der Waals surface area contributed by atoms with Gasteiger partial charge in [-0.15, -0.1) is 0 Å². The van der Waals surface area contributed by atoms with Crippen molar-refractivity contribution in [3.63, 3.8) is 0 Å². The Morgan fingerprint density at radius 1 is 0.886 bits per heavy atom. The van der Waals surface area contributed by atoms with Crippen LogP contribution in [0, 0.1) is 6.92 Å². The summed E-state index contributed by atoms with van der Waals surface area (Å²) in [5.41, 5.74) is -4.49. The van der Waals surface area contributed by atoms with Crippen molar-refractivity contribution in [2.24, 2.45) is 0 Å². The van der Waals surface area contributed by atoms with Crippen LogP contribution in [0.5, 0.6) is 23.0 Å². The summed E-state index contributed by atoms with van der Waals surface area (Å²) in [5, 5.41) is 91.5. The largest absolute Gasteiger partial charge is 0.507 e. The Kier molecular flexibility index (Phi) is 5.70. The van der Waals surface area contributed by atoms with E-state index in [1.807, 2.05) is 0 Å². The molecule has 1 heterocycles. The Morgan fingerprint density at radius 3 is 2.06 bits per heavy atom. The molecule has 1 aliphatic carbocycles. The van der Waals surface area contributed by atoms with E-state index < -0.39 is 111 Å². The molecule has 0 bridgehead atoms. The molecular formula is C22H20O13. The van der Waals surface area contributed by atoms with Gasteiger partial charge in [-0.2, -0.15) is 0 Å². The molecule has 0 saturated carbocycles. The number of carboxylic acid groups (broad SMARTS) is 1. The first-order chi connectivity index (χ1) is 16.3. The number of aromatic hydroxyl groups is 4. The summed E-state index contributed by atoms with van der Waals surface area (Å²) >= 11 is 0. The minimum absolute atomic E-state index is 0.308. The molecule has 2 aromatic rings. The first kappa shape index (κ1) is 24.4. The minimum atomic E-state index is -2.03. The average Bonchev–Trinajstić information content (AvgIpc) is 2.79. The second kappa shape index (κ2) is 8.18. The highest BCUT2D eigenvalue weighted by atomic mass is 16.5. The zero-order valence-electron chi connectivity index (χ0n) is 17.8. The number of phenols is 4. The van der Waals surface area contributed by atoms with Gasteiger partial charge in [0.05, 0.1) is 23.3 Å². The van der Waals surface area contributed by atoms with Crippen LogP contribution in [0.1, 0.15) is 59.4 Å². The molecule has 2 aliphatic rings. The smallest absolute Gasteiger partial charge is 0.339 e. The van der Waals surface area contributed by atoms with Gasteiger partial charge in [-0.05, 0) is 18.6 Å². The number of aromatic carboxylic acids is 1. The Bertz CT molecular complexity index is 1300. The number of carbonyl (C=O) groups excluding carboxylic acids is 2. The van der Waals surface area contributed by atoms with E-state index in [0.717, 1.165) is 6.92 Å². The maximum Gasteiger partial charge on any atom is 0.339 e. The zero-order valence-corrected chi connectivity index (χ0v) is 17.8. The van der Waals surface area contributed by atoms with Crippen LogP contribution in [0.15, 0.2) is 6.07 Å². The van der Waals surface area contributed by atoms with Crippen LogP contribution in [0.25, 0.3) is 0 Å². The van der Waals surface area contributed by atoms with Gasteiger partial charge in [0.15, 0.2) is 23.1 Å². The molecule has 5 atom stereocenters. The van der Waals surface area contributed by atoms with E-state index >= 15 is 0 Å². The number of rotatable bonds is 3. The highest BCUT2D eigenvalue weighted by molar-refractivity contribution is 6.31. The summed E-state index contributed by atoms with van der Waals surface area (Å²) in [6.07, 6.45) is -9.12. The normalized spacial score (nSPS) is 25.8. The Morgan fingerprint density at radius 2 is 1.49 bits per heavy atom. The molecule has 186 valence electrons. The van der Waals surface area contributed by atoms with Crippen LogP contribution >= 0.6 is 0 Å². The third kappa shape index (κ3) is 3.25. The summed E-state index contributed by atoms with van der Waals surface area (Å²) in [7, 11) is 0.